The van der Waals surface area contributed by atoms with Crippen molar-refractivity contribution >= 4 is 5.69 Å². The molecule has 3 N–H and O–H groups in total. The van der Waals surface area contributed by atoms with Crippen LogP contribution >= 0.6 is 0 Å². The minimum absolute atomic E-state index is 0.0292. The van der Waals surface area contributed by atoms with Crippen molar-refractivity contribution in [3.05, 3.63) is 42.0 Å². The van der Waals surface area contributed by atoms with Gasteiger partial charge in [0.05, 0.1) is 11.3 Å². The summed E-state index contributed by atoms with van der Waals surface area (Å²) in [5, 5.41) is 38.6. The Kier molecular flexibility index (Phi) is 4.58. The van der Waals surface area contributed by atoms with Crippen molar-refractivity contribution in [3.8, 4) is 34.6 Å². The summed E-state index contributed by atoms with van der Waals surface area (Å²) in [5.74, 6) is 0.278. The number of phenolic OH excluding ortho intramolecular Hbond substituents is 2. The van der Waals surface area contributed by atoms with E-state index >= 15 is 0 Å². The van der Waals surface area contributed by atoms with E-state index in [1.54, 1.807) is 6.07 Å². The zero-order valence-corrected chi connectivity index (χ0v) is 16.0. The lowest BCUT2D eigenvalue weighted by molar-refractivity contribution is 0.420. The van der Waals surface area contributed by atoms with Crippen molar-refractivity contribution in [1.29, 1.82) is 0 Å². The average molecular weight is 380 g/mol. The summed E-state index contributed by atoms with van der Waals surface area (Å²) in [6.07, 6.45) is 2.41. The highest BCUT2D eigenvalue weighted by molar-refractivity contribution is 5.70. The first kappa shape index (κ1) is 18.2. The van der Waals surface area contributed by atoms with Crippen LogP contribution in [0.15, 0.2) is 36.4 Å². The number of hydrogen-bond acceptors (Lipinski definition) is 6. The Bertz CT molecular complexity index is 990. The van der Waals surface area contributed by atoms with E-state index in [0.29, 0.717) is 22.6 Å². The number of hydrogen-bond donors (Lipinski definition) is 3. The van der Waals surface area contributed by atoms with Gasteiger partial charge in [-0.3, -0.25) is 0 Å². The first-order valence-electron chi connectivity index (χ1n) is 9.51. The van der Waals surface area contributed by atoms with Gasteiger partial charge in [-0.05, 0) is 54.7 Å². The maximum absolute atomic E-state index is 10.4. The fraction of sp³-hybridized carbons (Fsp3) is 0.333. The first-order valence-corrected chi connectivity index (χ1v) is 9.51. The molecule has 0 amide bonds. The number of anilines is 1. The molecule has 0 spiro atoms. The van der Waals surface area contributed by atoms with Crippen molar-refractivity contribution in [2.45, 2.75) is 32.6 Å². The van der Waals surface area contributed by atoms with Crippen LogP contribution in [0.3, 0.4) is 0 Å². The lowest BCUT2D eigenvalue weighted by Crippen LogP contribution is -2.17. The predicted molar refractivity (Wildman–Crippen MR) is 107 cm³/mol. The molecule has 0 atom stereocenters. The Morgan fingerprint density at radius 2 is 1.50 bits per heavy atom. The van der Waals surface area contributed by atoms with E-state index in [1.807, 2.05) is 38.1 Å². The van der Waals surface area contributed by atoms with Crippen LogP contribution in [0.25, 0.3) is 17.1 Å². The Labute approximate surface area is 163 Å². The third-order valence-corrected chi connectivity index (χ3v) is 5.23. The molecule has 0 radical (unpaired) electrons. The Balaban J connectivity index is 1.77. The van der Waals surface area contributed by atoms with Crippen molar-refractivity contribution in [2.75, 3.05) is 18.0 Å². The summed E-state index contributed by atoms with van der Waals surface area (Å²) >= 11 is 0. The number of nitrogens with zero attached hydrogens (tertiary/aromatic N) is 4. The van der Waals surface area contributed by atoms with Crippen LogP contribution in [0.1, 0.15) is 38.2 Å². The van der Waals surface area contributed by atoms with E-state index in [-0.39, 0.29) is 23.4 Å². The smallest absolute Gasteiger partial charge is 0.319 e. The van der Waals surface area contributed by atoms with Crippen LogP contribution in [0, 0.1) is 0 Å². The average Bonchev–Trinajstić information content (AvgIpc) is 3.32. The molecule has 1 fully saturated rings. The molecule has 7 heteroatoms. The van der Waals surface area contributed by atoms with Gasteiger partial charge in [-0.1, -0.05) is 18.9 Å². The number of rotatable bonds is 4. The quantitative estimate of drug-likeness (QED) is 0.638. The maximum Gasteiger partial charge on any atom is 0.319 e. The van der Waals surface area contributed by atoms with E-state index in [2.05, 4.69) is 15.1 Å². The molecule has 7 nitrogen and oxygen atoms in total. The molecule has 4 rings (SSSR count). The monoisotopic (exact) mass is 380 g/mol. The van der Waals surface area contributed by atoms with Gasteiger partial charge in [0.1, 0.15) is 11.5 Å². The number of aromatic hydroxyl groups is 3. The van der Waals surface area contributed by atoms with E-state index in [4.69, 9.17) is 0 Å². The molecule has 1 aliphatic rings. The molecule has 3 aromatic rings. The lowest BCUT2D eigenvalue weighted by Gasteiger charge is -2.18. The molecule has 1 aliphatic heterocycles. The van der Waals surface area contributed by atoms with Crippen molar-refractivity contribution in [3.63, 3.8) is 0 Å². The fourth-order valence-electron chi connectivity index (χ4n) is 3.71. The fourth-order valence-corrected chi connectivity index (χ4v) is 3.71. The van der Waals surface area contributed by atoms with Gasteiger partial charge in [0.15, 0.2) is 5.82 Å². The Morgan fingerprint density at radius 1 is 0.857 bits per heavy atom. The molecule has 28 heavy (non-hydrogen) atoms. The van der Waals surface area contributed by atoms with Crippen LogP contribution < -0.4 is 4.90 Å². The van der Waals surface area contributed by atoms with Crippen molar-refractivity contribution in [1.82, 2.24) is 14.8 Å². The van der Waals surface area contributed by atoms with Gasteiger partial charge in [0.25, 0.3) is 0 Å². The van der Waals surface area contributed by atoms with Gasteiger partial charge in [0, 0.05) is 24.8 Å². The van der Waals surface area contributed by atoms with Crippen molar-refractivity contribution < 1.29 is 15.3 Å². The zero-order chi connectivity index (χ0) is 19.8. The van der Waals surface area contributed by atoms with Gasteiger partial charge in [-0.2, -0.15) is 0 Å². The zero-order valence-electron chi connectivity index (χ0n) is 16.0. The molecular formula is C21H24N4O3. The molecule has 1 aromatic heterocycles. The topological polar surface area (TPSA) is 94.6 Å². The molecule has 146 valence electrons. The highest BCUT2D eigenvalue weighted by Gasteiger charge is 2.21. The van der Waals surface area contributed by atoms with E-state index in [0.717, 1.165) is 18.8 Å². The Morgan fingerprint density at radius 3 is 2.14 bits per heavy atom. The summed E-state index contributed by atoms with van der Waals surface area (Å²) in [6.45, 7) is 6.02. The second-order valence-electron chi connectivity index (χ2n) is 7.45. The molecule has 2 aromatic carbocycles. The number of phenols is 2. The largest absolute Gasteiger partial charge is 0.508 e. The van der Waals surface area contributed by atoms with Crippen molar-refractivity contribution in [2.24, 2.45) is 0 Å². The van der Waals surface area contributed by atoms with Crippen LogP contribution in [-0.4, -0.2) is 43.2 Å². The molecule has 0 saturated carbocycles. The Hall–Kier alpha value is -3.22. The van der Waals surface area contributed by atoms with Crippen LogP contribution in [0.5, 0.6) is 17.5 Å². The second-order valence-corrected chi connectivity index (χ2v) is 7.45. The molecule has 0 unspecified atom stereocenters. The minimum Gasteiger partial charge on any atom is -0.508 e. The van der Waals surface area contributed by atoms with Gasteiger partial charge in [-0.15, -0.1) is 5.10 Å². The van der Waals surface area contributed by atoms with Gasteiger partial charge in [0.2, 0.25) is 0 Å². The highest BCUT2D eigenvalue weighted by atomic mass is 16.3. The standard InChI is InChI=1S/C21H24N4O3/c1-13(2)16-11-17(19(27)12-18(16)26)20-22-23-21(28)25(20)15-7-5-14(6-8-15)24-9-3-4-10-24/h5-8,11-13,26-27H,3-4,9-10H2,1-2H3,(H,23,28). The van der Waals surface area contributed by atoms with E-state index in [9.17, 15) is 15.3 Å². The minimum atomic E-state index is -0.262. The van der Waals surface area contributed by atoms with Gasteiger partial charge >= 0.3 is 6.01 Å². The summed E-state index contributed by atoms with van der Waals surface area (Å²) < 4.78 is 1.49. The van der Waals surface area contributed by atoms with E-state index in [1.165, 1.54) is 23.5 Å². The summed E-state index contributed by atoms with van der Waals surface area (Å²) in [6, 6.07) is 10.6. The van der Waals surface area contributed by atoms with E-state index < -0.39 is 0 Å². The summed E-state index contributed by atoms with van der Waals surface area (Å²) in [7, 11) is 0. The molecule has 0 aliphatic carbocycles. The van der Waals surface area contributed by atoms with Gasteiger partial charge < -0.3 is 20.2 Å². The normalized spacial score (nSPS) is 14.2. The number of benzene rings is 2. The van der Waals surface area contributed by atoms with Crippen LogP contribution in [0.2, 0.25) is 0 Å². The second kappa shape index (κ2) is 7.07. The van der Waals surface area contributed by atoms with Crippen LogP contribution in [0.4, 0.5) is 5.69 Å². The summed E-state index contributed by atoms with van der Waals surface area (Å²) in [4.78, 5) is 2.33. The molecule has 2 heterocycles. The third kappa shape index (κ3) is 3.13. The SMILES string of the molecule is CC(C)c1cc(-c2nnc(O)n2-c2ccc(N3CCCC3)cc2)c(O)cc1O. The molecular weight excluding hydrogens is 356 g/mol. The first-order chi connectivity index (χ1) is 13.5. The number of aromatic nitrogens is 3. The highest BCUT2D eigenvalue weighted by Crippen LogP contribution is 2.39. The summed E-state index contributed by atoms with van der Waals surface area (Å²) in [5.41, 5.74) is 2.92. The third-order valence-electron chi connectivity index (χ3n) is 5.23. The van der Waals surface area contributed by atoms with Gasteiger partial charge in [-0.25, -0.2) is 4.57 Å². The maximum atomic E-state index is 10.4. The molecule has 1 saturated heterocycles. The molecule has 0 bridgehead atoms. The van der Waals surface area contributed by atoms with Crippen LogP contribution in [-0.2, 0) is 0 Å². The predicted octanol–water partition coefficient (Wildman–Crippen LogP) is 3.77. The lowest BCUT2D eigenvalue weighted by atomic mass is 9.98.